The second-order valence-electron chi connectivity index (χ2n) is 4.62. The Balaban J connectivity index is 2.23. The molecule has 0 heterocycles. The van der Waals surface area contributed by atoms with E-state index in [2.05, 4.69) is 12.2 Å². The van der Waals surface area contributed by atoms with Gasteiger partial charge >= 0.3 is 0 Å². The summed E-state index contributed by atoms with van der Waals surface area (Å²) >= 11 is 12.3. The van der Waals surface area contributed by atoms with Crippen molar-refractivity contribution in [1.82, 2.24) is 0 Å². The lowest BCUT2D eigenvalue weighted by atomic mass is 10.1. The first kappa shape index (κ1) is 15.2. The minimum absolute atomic E-state index is 0.0548. The molecular weight excluding hydrogens is 293 g/mol. The molecule has 1 N–H and O–H groups in total. The van der Waals surface area contributed by atoms with E-state index in [4.69, 9.17) is 27.9 Å². The minimum atomic E-state index is 0.0548. The number of halogens is 2. The Morgan fingerprint density at radius 1 is 1.15 bits per heavy atom. The Kier molecular flexibility index (Phi) is 5.30. The highest BCUT2D eigenvalue weighted by Crippen LogP contribution is 2.29. The van der Waals surface area contributed by atoms with E-state index in [1.165, 1.54) is 0 Å². The van der Waals surface area contributed by atoms with Crippen LogP contribution in [0.1, 0.15) is 24.1 Å². The predicted molar refractivity (Wildman–Crippen MR) is 85.7 cm³/mol. The molecule has 2 nitrogen and oxygen atoms in total. The molecule has 4 heteroatoms. The van der Waals surface area contributed by atoms with Crippen molar-refractivity contribution in [3.05, 3.63) is 63.6 Å². The average Bonchev–Trinajstić information content (AvgIpc) is 2.44. The summed E-state index contributed by atoms with van der Waals surface area (Å²) in [7, 11) is 1.69. The molecule has 1 unspecified atom stereocenters. The van der Waals surface area contributed by atoms with Gasteiger partial charge in [0.15, 0.2) is 0 Å². The van der Waals surface area contributed by atoms with Crippen LogP contribution in [-0.4, -0.2) is 7.11 Å². The van der Waals surface area contributed by atoms with Gasteiger partial charge in [-0.2, -0.15) is 0 Å². The van der Waals surface area contributed by atoms with Crippen LogP contribution in [0.4, 0.5) is 5.69 Å². The molecule has 0 aliphatic carbocycles. The molecule has 0 amide bonds. The third-order valence-corrected chi connectivity index (χ3v) is 3.69. The lowest BCUT2D eigenvalue weighted by Crippen LogP contribution is -2.09. The van der Waals surface area contributed by atoms with Crippen LogP contribution in [0.15, 0.2) is 42.5 Å². The summed E-state index contributed by atoms with van der Waals surface area (Å²) < 4.78 is 5.21. The maximum absolute atomic E-state index is 6.23. The fourth-order valence-electron chi connectivity index (χ4n) is 2.10. The van der Waals surface area contributed by atoms with Crippen LogP contribution in [0.5, 0.6) is 0 Å². The van der Waals surface area contributed by atoms with E-state index in [1.54, 1.807) is 13.2 Å². The number of rotatable bonds is 5. The number of ether oxygens (including phenoxy) is 1. The van der Waals surface area contributed by atoms with E-state index in [1.807, 2.05) is 36.4 Å². The standard InChI is InChI=1S/C16H17Cl2NO/c1-11(14-9-13(17)7-8-15(14)18)19-16-6-4-3-5-12(16)10-20-2/h3-9,11,19H,10H2,1-2H3. The van der Waals surface area contributed by atoms with Gasteiger partial charge in [-0.25, -0.2) is 0 Å². The zero-order valence-electron chi connectivity index (χ0n) is 11.5. The summed E-state index contributed by atoms with van der Waals surface area (Å²) in [5.74, 6) is 0. The van der Waals surface area contributed by atoms with Crippen molar-refractivity contribution in [1.29, 1.82) is 0 Å². The van der Waals surface area contributed by atoms with Crippen molar-refractivity contribution in [2.45, 2.75) is 19.6 Å². The second kappa shape index (κ2) is 6.98. The third-order valence-electron chi connectivity index (χ3n) is 3.11. The Bertz CT molecular complexity index is 586. The van der Waals surface area contributed by atoms with Crippen LogP contribution in [0.25, 0.3) is 0 Å². The molecule has 0 radical (unpaired) electrons. The summed E-state index contributed by atoms with van der Waals surface area (Å²) in [6.45, 7) is 2.63. The molecule has 0 saturated heterocycles. The highest BCUT2D eigenvalue weighted by molar-refractivity contribution is 6.33. The first-order chi connectivity index (χ1) is 9.61. The zero-order valence-corrected chi connectivity index (χ0v) is 13.0. The highest BCUT2D eigenvalue weighted by atomic mass is 35.5. The first-order valence-corrected chi connectivity index (χ1v) is 7.15. The Morgan fingerprint density at radius 2 is 1.90 bits per heavy atom. The first-order valence-electron chi connectivity index (χ1n) is 6.40. The van der Waals surface area contributed by atoms with Gasteiger partial charge < -0.3 is 10.1 Å². The minimum Gasteiger partial charge on any atom is -0.380 e. The molecule has 0 saturated carbocycles. The van der Waals surface area contributed by atoms with Gasteiger partial charge in [0.25, 0.3) is 0 Å². The van der Waals surface area contributed by atoms with Gasteiger partial charge in [0.05, 0.1) is 12.6 Å². The molecule has 20 heavy (non-hydrogen) atoms. The van der Waals surface area contributed by atoms with Crippen LogP contribution in [-0.2, 0) is 11.3 Å². The Labute approximate surface area is 129 Å². The Morgan fingerprint density at radius 3 is 2.65 bits per heavy atom. The Hall–Kier alpha value is -1.22. The largest absolute Gasteiger partial charge is 0.380 e. The van der Waals surface area contributed by atoms with Gasteiger partial charge in [0.2, 0.25) is 0 Å². The second-order valence-corrected chi connectivity index (χ2v) is 5.47. The molecule has 2 aromatic rings. The lowest BCUT2D eigenvalue weighted by molar-refractivity contribution is 0.185. The van der Waals surface area contributed by atoms with E-state index in [0.717, 1.165) is 16.8 Å². The molecule has 0 aliphatic rings. The molecule has 2 aromatic carbocycles. The quantitative estimate of drug-likeness (QED) is 0.807. The molecular formula is C16H17Cl2NO. The SMILES string of the molecule is COCc1ccccc1NC(C)c1cc(Cl)ccc1Cl. The molecule has 0 fully saturated rings. The van der Waals surface area contributed by atoms with E-state index >= 15 is 0 Å². The number of hydrogen-bond donors (Lipinski definition) is 1. The predicted octanol–water partition coefficient (Wildman–Crippen LogP) is 5.31. The normalized spacial score (nSPS) is 12.2. The van der Waals surface area contributed by atoms with Crippen LogP contribution in [0, 0.1) is 0 Å². The van der Waals surface area contributed by atoms with Crippen LogP contribution in [0.2, 0.25) is 10.0 Å². The third kappa shape index (κ3) is 3.66. The van der Waals surface area contributed by atoms with Gasteiger partial charge in [-0.15, -0.1) is 0 Å². The summed E-state index contributed by atoms with van der Waals surface area (Å²) in [5.41, 5.74) is 3.13. The van der Waals surface area contributed by atoms with Crippen molar-refractivity contribution in [2.75, 3.05) is 12.4 Å². The van der Waals surface area contributed by atoms with Gasteiger partial charge in [-0.3, -0.25) is 0 Å². The smallest absolute Gasteiger partial charge is 0.0733 e. The summed E-state index contributed by atoms with van der Waals surface area (Å²) in [4.78, 5) is 0. The number of nitrogens with one attached hydrogen (secondary N) is 1. The maximum Gasteiger partial charge on any atom is 0.0733 e. The summed E-state index contributed by atoms with van der Waals surface area (Å²) in [6, 6.07) is 13.6. The molecule has 106 valence electrons. The van der Waals surface area contributed by atoms with Crippen molar-refractivity contribution in [3.8, 4) is 0 Å². The van der Waals surface area contributed by atoms with Gasteiger partial charge in [-0.05, 0) is 36.8 Å². The summed E-state index contributed by atoms with van der Waals surface area (Å²) in [5, 5.41) is 4.85. The van der Waals surface area contributed by atoms with Crippen molar-refractivity contribution >= 4 is 28.9 Å². The van der Waals surface area contributed by atoms with Crippen LogP contribution >= 0.6 is 23.2 Å². The monoisotopic (exact) mass is 309 g/mol. The molecule has 0 spiro atoms. The molecule has 2 rings (SSSR count). The zero-order chi connectivity index (χ0) is 14.5. The summed E-state index contributed by atoms with van der Waals surface area (Å²) in [6.07, 6.45) is 0. The number of anilines is 1. The number of benzene rings is 2. The maximum atomic E-state index is 6.23. The van der Waals surface area contributed by atoms with Gasteiger partial charge in [-0.1, -0.05) is 41.4 Å². The van der Waals surface area contributed by atoms with Crippen molar-refractivity contribution in [2.24, 2.45) is 0 Å². The number of para-hydroxylation sites is 1. The molecule has 1 atom stereocenters. The van der Waals surface area contributed by atoms with Gasteiger partial charge in [0.1, 0.15) is 0 Å². The highest BCUT2D eigenvalue weighted by Gasteiger charge is 2.12. The number of methoxy groups -OCH3 is 1. The molecule has 0 aliphatic heterocycles. The average molecular weight is 310 g/mol. The van der Waals surface area contributed by atoms with Crippen LogP contribution < -0.4 is 5.32 Å². The van der Waals surface area contributed by atoms with E-state index < -0.39 is 0 Å². The van der Waals surface area contributed by atoms with E-state index in [-0.39, 0.29) is 6.04 Å². The fourth-order valence-corrected chi connectivity index (χ4v) is 2.56. The van der Waals surface area contributed by atoms with Crippen molar-refractivity contribution < 1.29 is 4.74 Å². The van der Waals surface area contributed by atoms with Crippen LogP contribution in [0.3, 0.4) is 0 Å². The molecule has 0 aromatic heterocycles. The molecule has 0 bridgehead atoms. The lowest BCUT2D eigenvalue weighted by Gasteiger charge is -2.19. The van der Waals surface area contributed by atoms with Gasteiger partial charge in [0, 0.05) is 28.4 Å². The fraction of sp³-hybridized carbons (Fsp3) is 0.250. The van der Waals surface area contributed by atoms with Crippen molar-refractivity contribution in [3.63, 3.8) is 0 Å². The topological polar surface area (TPSA) is 21.3 Å². The van der Waals surface area contributed by atoms with E-state index in [0.29, 0.717) is 16.7 Å². The number of hydrogen-bond acceptors (Lipinski definition) is 2. The van der Waals surface area contributed by atoms with E-state index in [9.17, 15) is 0 Å².